The van der Waals surface area contributed by atoms with Crippen LogP contribution in [0.2, 0.25) is 0 Å². The van der Waals surface area contributed by atoms with Gasteiger partial charge in [-0.15, -0.1) is 0 Å². The summed E-state index contributed by atoms with van der Waals surface area (Å²) in [7, 11) is 0. The van der Waals surface area contributed by atoms with Gasteiger partial charge in [-0.1, -0.05) is 25.3 Å². The molecule has 0 aromatic carbocycles. The van der Waals surface area contributed by atoms with E-state index in [9.17, 15) is 0 Å². The van der Waals surface area contributed by atoms with Crippen molar-refractivity contribution in [2.45, 2.75) is 44.6 Å². The van der Waals surface area contributed by atoms with Gasteiger partial charge in [0.15, 0.2) is 0 Å². The number of carbonyl (C=O) groups is 2. The monoisotopic (exact) mass is 294 g/mol. The lowest BCUT2D eigenvalue weighted by Crippen LogP contribution is -2.33. The average Bonchev–Trinajstić information content (AvgIpc) is 2.49. The Hall–Kier alpha value is -1.95. The molecule has 1 aliphatic rings. The molecule has 1 saturated carbocycles. The minimum Gasteiger partial charge on any atom is -0.473 e. The Morgan fingerprint density at radius 3 is 2.29 bits per heavy atom. The summed E-state index contributed by atoms with van der Waals surface area (Å²) in [6.07, 6.45) is 9.53. The highest BCUT2D eigenvalue weighted by molar-refractivity contribution is 6.27. The maximum absolute atomic E-state index is 9.10. The number of hydrogen-bond acceptors (Lipinski definition) is 4. The van der Waals surface area contributed by atoms with E-state index in [1.54, 1.807) is 0 Å². The van der Waals surface area contributed by atoms with Gasteiger partial charge in [0.25, 0.3) is 0 Å². The van der Waals surface area contributed by atoms with Gasteiger partial charge < -0.3 is 15.9 Å². The van der Waals surface area contributed by atoms with Crippen LogP contribution in [0.4, 0.5) is 0 Å². The standard InChI is InChI=1S/C13H20N2.C2H2O4/c14-13(11-6-2-1-3-7-11)10-12-8-4-5-9-15-12;3-1(4)2(5)6/h4-5,8-9,11,13H,1-3,6-7,10,14H2;(H,3,4)(H,5,6). The third-order valence-corrected chi connectivity index (χ3v) is 3.61. The van der Waals surface area contributed by atoms with E-state index in [0.717, 1.165) is 18.0 Å². The fourth-order valence-corrected chi connectivity index (χ4v) is 2.49. The second kappa shape index (κ2) is 9.07. The zero-order chi connectivity index (χ0) is 15.7. The molecule has 0 radical (unpaired) electrons. The van der Waals surface area contributed by atoms with Crippen LogP contribution >= 0.6 is 0 Å². The van der Waals surface area contributed by atoms with Gasteiger partial charge in [-0.3, -0.25) is 4.98 Å². The van der Waals surface area contributed by atoms with Crippen LogP contribution in [0.1, 0.15) is 37.8 Å². The summed E-state index contributed by atoms with van der Waals surface area (Å²) in [5, 5.41) is 14.8. The molecule has 1 unspecified atom stereocenters. The summed E-state index contributed by atoms with van der Waals surface area (Å²) in [5.41, 5.74) is 7.38. The molecule has 6 heteroatoms. The number of pyridine rings is 1. The van der Waals surface area contributed by atoms with Crippen LogP contribution in [0.5, 0.6) is 0 Å². The number of rotatable bonds is 3. The number of carboxylic acids is 2. The Kier molecular flexibility index (Phi) is 7.39. The minimum atomic E-state index is -1.82. The first-order valence-corrected chi connectivity index (χ1v) is 7.12. The second-order valence-corrected chi connectivity index (χ2v) is 5.20. The van der Waals surface area contributed by atoms with E-state index in [-0.39, 0.29) is 0 Å². The Morgan fingerprint density at radius 2 is 1.81 bits per heavy atom. The first-order chi connectivity index (χ1) is 10.0. The lowest BCUT2D eigenvalue weighted by atomic mass is 9.82. The molecule has 0 spiro atoms. The highest BCUT2D eigenvalue weighted by Crippen LogP contribution is 2.26. The van der Waals surface area contributed by atoms with Crippen molar-refractivity contribution in [3.63, 3.8) is 0 Å². The van der Waals surface area contributed by atoms with E-state index in [2.05, 4.69) is 11.1 Å². The first-order valence-electron chi connectivity index (χ1n) is 7.12. The number of carboxylic acid groups (broad SMARTS) is 2. The molecule has 0 bridgehead atoms. The van der Waals surface area contributed by atoms with Gasteiger partial charge in [0.2, 0.25) is 0 Å². The Bertz CT molecular complexity index is 432. The average molecular weight is 294 g/mol. The van der Waals surface area contributed by atoms with Crippen LogP contribution in [0.25, 0.3) is 0 Å². The number of aliphatic carboxylic acids is 2. The summed E-state index contributed by atoms with van der Waals surface area (Å²) in [6.45, 7) is 0. The van der Waals surface area contributed by atoms with Crippen molar-refractivity contribution >= 4 is 11.9 Å². The van der Waals surface area contributed by atoms with Gasteiger partial charge in [0, 0.05) is 24.4 Å². The van der Waals surface area contributed by atoms with Crippen LogP contribution in [0, 0.1) is 5.92 Å². The normalized spacial score (nSPS) is 16.4. The summed E-state index contributed by atoms with van der Waals surface area (Å²) < 4.78 is 0. The second-order valence-electron chi connectivity index (χ2n) is 5.20. The summed E-state index contributed by atoms with van der Waals surface area (Å²) >= 11 is 0. The van der Waals surface area contributed by atoms with Crippen LogP contribution in [0.15, 0.2) is 24.4 Å². The highest BCUT2D eigenvalue weighted by Gasteiger charge is 2.20. The molecule has 4 N–H and O–H groups in total. The number of nitrogens with two attached hydrogens (primary N) is 1. The molecule has 1 heterocycles. The molecule has 1 aromatic rings. The predicted octanol–water partition coefficient (Wildman–Crippen LogP) is 1.69. The molecule has 6 nitrogen and oxygen atoms in total. The minimum absolute atomic E-state index is 0.306. The van der Waals surface area contributed by atoms with Crippen molar-refractivity contribution in [3.8, 4) is 0 Å². The van der Waals surface area contributed by atoms with Gasteiger partial charge >= 0.3 is 11.9 Å². The molecule has 0 amide bonds. The molecule has 0 saturated heterocycles. The maximum Gasteiger partial charge on any atom is 0.414 e. The fraction of sp³-hybridized carbons (Fsp3) is 0.533. The Morgan fingerprint density at radius 1 is 1.19 bits per heavy atom. The maximum atomic E-state index is 9.10. The number of aromatic nitrogens is 1. The summed E-state index contributed by atoms with van der Waals surface area (Å²) in [6, 6.07) is 6.37. The van der Waals surface area contributed by atoms with Crippen molar-refractivity contribution in [3.05, 3.63) is 30.1 Å². The Balaban J connectivity index is 0.000000315. The van der Waals surface area contributed by atoms with Crippen LogP contribution in [0.3, 0.4) is 0 Å². The van der Waals surface area contributed by atoms with Crippen LogP contribution < -0.4 is 5.73 Å². The summed E-state index contributed by atoms with van der Waals surface area (Å²) in [5.74, 6) is -2.93. The molecular formula is C15H22N2O4. The largest absolute Gasteiger partial charge is 0.473 e. The molecule has 1 fully saturated rings. The van der Waals surface area contributed by atoms with E-state index in [1.165, 1.54) is 32.1 Å². The zero-order valence-electron chi connectivity index (χ0n) is 11.9. The Labute approximate surface area is 124 Å². The molecule has 2 rings (SSSR count). The topological polar surface area (TPSA) is 114 Å². The predicted molar refractivity (Wildman–Crippen MR) is 77.8 cm³/mol. The van der Waals surface area contributed by atoms with Crippen LogP contribution in [-0.2, 0) is 16.0 Å². The number of hydrogen-bond donors (Lipinski definition) is 3. The molecule has 1 aromatic heterocycles. The van der Waals surface area contributed by atoms with Crippen molar-refractivity contribution in [1.82, 2.24) is 4.98 Å². The quantitative estimate of drug-likeness (QED) is 0.731. The van der Waals surface area contributed by atoms with Crippen molar-refractivity contribution in [2.24, 2.45) is 11.7 Å². The summed E-state index contributed by atoms with van der Waals surface area (Å²) in [4.78, 5) is 22.5. The van der Waals surface area contributed by atoms with Gasteiger partial charge in [-0.05, 0) is 30.9 Å². The van der Waals surface area contributed by atoms with E-state index in [1.807, 2.05) is 18.3 Å². The zero-order valence-corrected chi connectivity index (χ0v) is 11.9. The van der Waals surface area contributed by atoms with Crippen molar-refractivity contribution in [2.75, 3.05) is 0 Å². The molecule has 1 aliphatic carbocycles. The number of nitrogens with zero attached hydrogens (tertiary/aromatic N) is 1. The first kappa shape index (κ1) is 17.1. The molecular weight excluding hydrogens is 272 g/mol. The van der Waals surface area contributed by atoms with Crippen molar-refractivity contribution in [1.29, 1.82) is 0 Å². The van der Waals surface area contributed by atoms with E-state index < -0.39 is 11.9 Å². The van der Waals surface area contributed by atoms with E-state index in [4.69, 9.17) is 25.5 Å². The molecule has 1 atom stereocenters. The molecule has 0 aliphatic heterocycles. The highest BCUT2D eigenvalue weighted by atomic mass is 16.4. The van der Waals surface area contributed by atoms with Gasteiger partial charge in [-0.25, -0.2) is 9.59 Å². The van der Waals surface area contributed by atoms with Gasteiger partial charge in [0.05, 0.1) is 0 Å². The van der Waals surface area contributed by atoms with Gasteiger partial charge in [-0.2, -0.15) is 0 Å². The fourth-order valence-electron chi connectivity index (χ4n) is 2.49. The third kappa shape index (κ3) is 6.85. The van der Waals surface area contributed by atoms with E-state index >= 15 is 0 Å². The lowest BCUT2D eigenvalue weighted by Gasteiger charge is -2.27. The van der Waals surface area contributed by atoms with Crippen molar-refractivity contribution < 1.29 is 19.8 Å². The SMILES string of the molecule is NC(Cc1ccccn1)C1CCCCC1.O=C(O)C(=O)O. The molecule has 21 heavy (non-hydrogen) atoms. The third-order valence-electron chi connectivity index (χ3n) is 3.61. The lowest BCUT2D eigenvalue weighted by molar-refractivity contribution is -0.159. The smallest absolute Gasteiger partial charge is 0.414 e. The van der Waals surface area contributed by atoms with Crippen LogP contribution in [-0.4, -0.2) is 33.2 Å². The molecule has 116 valence electrons. The van der Waals surface area contributed by atoms with Gasteiger partial charge in [0.1, 0.15) is 0 Å². The van der Waals surface area contributed by atoms with E-state index in [0.29, 0.717) is 6.04 Å².